The van der Waals surface area contributed by atoms with Gasteiger partial charge in [-0.1, -0.05) is 12.0 Å². The number of hydrogen-bond acceptors (Lipinski definition) is 5. The van der Waals surface area contributed by atoms with Crippen LogP contribution in [0, 0.1) is 12.3 Å². The van der Waals surface area contributed by atoms with Gasteiger partial charge < -0.3 is 14.4 Å². The van der Waals surface area contributed by atoms with Crippen LogP contribution in [0.25, 0.3) is 0 Å². The van der Waals surface area contributed by atoms with Crippen LogP contribution in [-0.2, 0) is 10.0 Å². The molecule has 156 valence electrons. The molecule has 1 unspecified atom stereocenters. The monoisotopic (exact) mass is 426 g/mol. The van der Waals surface area contributed by atoms with Crippen molar-refractivity contribution in [1.82, 2.24) is 9.62 Å². The van der Waals surface area contributed by atoms with Gasteiger partial charge in [0.05, 0.1) is 17.5 Å². The fourth-order valence-electron chi connectivity index (χ4n) is 3.79. The third kappa shape index (κ3) is 3.99. The van der Waals surface area contributed by atoms with E-state index in [1.54, 1.807) is 0 Å². The predicted octanol–water partition coefficient (Wildman–Crippen LogP) is 2.35. The highest BCUT2D eigenvalue weighted by Crippen LogP contribution is 2.38. The van der Waals surface area contributed by atoms with Crippen LogP contribution in [-0.4, -0.2) is 45.5 Å². The number of carbonyl (C=O) groups is 1. The highest BCUT2D eigenvalue weighted by atomic mass is 32.2. The summed E-state index contributed by atoms with van der Waals surface area (Å²) in [5.41, 5.74) is 1.44. The lowest BCUT2D eigenvalue weighted by atomic mass is 10.0. The van der Waals surface area contributed by atoms with E-state index >= 15 is 0 Å². The fraction of sp³-hybridized carbons (Fsp3) is 0.318. The van der Waals surface area contributed by atoms with Crippen LogP contribution in [0.4, 0.5) is 0 Å². The molecule has 1 atom stereocenters. The third-order valence-corrected chi connectivity index (χ3v) is 6.66. The first-order chi connectivity index (χ1) is 14.5. The molecule has 4 rings (SSSR count). The van der Waals surface area contributed by atoms with Gasteiger partial charge in [0.2, 0.25) is 10.0 Å². The molecular formula is C22H22N2O5S. The number of benzene rings is 2. The number of terminal acetylenes is 1. The predicted molar refractivity (Wildman–Crippen MR) is 111 cm³/mol. The Balaban J connectivity index is 1.53. The lowest BCUT2D eigenvalue weighted by Crippen LogP contribution is -2.30. The average Bonchev–Trinajstić information content (AvgIpc) is 3.27. The fourth-order valence-corrected chi connectivity index (χ4v) is 4.72. The van der Waals surface area contributed by atoms with Gasteiger partial charge in [-0.2, -0.15) is 4.72 Å². The quantitative estimate of drug-likeness (QED) is 0.742. The smallest absolute Gasteiger partial charge is 0.254 e. The normalized spacial score (nSPS) is 18.1. The largest absolute Gasteiger partial charge is 0.486 e. The van der Waals surface area contributed by atoms with E-state index in [0.717, 1.165) is 24.2 Å². The van der Waals surface area contributed by atoms with E-state index in [2.05, 4.69) is 10.6 Å². The van der Waals surface area contributed by atoms with Crippen molar-refractivity contribution >= 4 is 15.9 Å². The molecule has 1 amide bonds. The Morgan fingerprint density at radius 2 is 1.87 bits per heavy atom. The van der Waals surface area contributed by atoms with E-state index in [0.29, 0.717) is 31.1 Å². The summed E-state index contributed by atoms with van der Waals surface area (Å²) in [5.74, 6) is 3.52. The lowest BCUT2D eigenvalue weighted by molar-refractivity contribution is 0.0735. The lowest BCUT2D eigenvalue weighted by Gasteiger charge is -2.27. The summed E-state index contributed by atoms with van der Waals surface area (Å²) in [6.45, 7) is 1.59. The summed E-state index contributed by atoms with van der Waals surface area (Å²) in [6.07, 6.45) is 6.86. The number of amides is 1. The number of carbonyl (C=O) groups excluding carboxylic acids is 1. The third-order valence-electron chi connectivity index (χ3n) is 5.24. The molecule has 2 heterocycles. The highest BCUT2D eigenvalue weighted by Gasteiger charge is 2.31. The van der Waals surface area contributed by atoms with E-state index in [1.807, 2.05) is 23.1 Å². The summed E-state index contributed by atoms with van der Waals surface area (Å²) in [6, 6.07) is 11.6. The van der Waals surface area contributed by atoms with Crippen LogP contribution in [0.2, 0.25) is 0 Å². The Morgan fingerprint density at radius 3 is 2.60 bits per heavy atom. The molecule has 0 bridgehead atoms. The van der Waals surface area contributed by atoms with Crippen molar-refractivity contribution in [3.8, 4) is 23.8 Å². The van der Waals surface area contributed by atoms with Gasteiger partial charge in [0.25, 0.3) is 5.91 Å². The second-order valence-electron chi connectivity index (χ2n) is 7.11. The van der Waals surface area contributed by atoms with Gasteiger partial charge in [0, 0.05) is 12.1 Å². The number of rotatable bonds is 5. The topological polar surface area (TPSA) is 84.9 Å². The number of fused-ring (bicyclic) bond motifs is 1. The van der Waals surface area contributed by atoms with Crippen LogP contribution in [0.5, 0.6) is 11.5 Å². The van der Waals surface area contributed by atoms with Crippen molar-refractivity contribution in [3.63, 3.8) is 0 Å². The van der Waals surface area contributed by atoms with Crippen LogP contribution in [0.3, 0.4) is 0 Å². The molecule has 8 heteroatoms. The Morgan fingerprint density at radius 1 is 1.13 bits per heavy atom. The molecular weight excluding hydrogens is 404 g/mol. The standard InChI is InChI=1S/C22H22N2O5S/c1-2-11-23-30(26,27)18-8-5-16(6-9-18)22(25)24-12-3-4-19(24)17-7-10-20-21(15-17)29-14-13-28-20/h1,5-10,15,19,23H,3-4,11-14H2. The van der Waals surface area contributed by atoms with Crippen molar-refractivity contribution in [2.24, 2.45) is 0 Å². The van der Waals surface area contributed by atoms with E-state index in [4.69, 9.17) is 15.9 Å². The number of sulfonamides is 1. The molecule has 0 saturated carbocycles. The van der Waals surface area contributed by atoms with E-state index in [9.17, 15) is 13.2 Å². The first-order valence-electron chi connectivity index (χ1n) is 9.73. The zero-order valence-electron chi connectivity index (χ0n) is 16.3. The highest BCUT2D eigenvalue weighted by molar-refractivity contribution is 7.89. The minimum absolute atomic E-state index is 0.0611. The zero-order valence-corrected chi connectivity index (χ0v) is 17.2. The van der Waals surface area contributed by atoms with Gasteiger partial charge in [0.1, 0.15) is 13.2 Å². The zero-order chi connectivity index (χ0) is 21.1. The van der Waals surface area contributed by atoms with Crippen LogP contribution < -0.4 is 14.2 Å². The number of hydrogen-bond donors (Lipinski definition) is 1. The average molecular weight is 426 g/mol. The summed E-state index contributed by atoms with van der Waals surface area (Å²) in [7, 11) is -3.69. The molecule has 30 heavy (non-hydrogen) atoms. The molecule has 7 nitrogen and oxygen atoms in total. The molecule has 0 aliphatic carbocycles. The van der Waals surface area contributed by atoms with Crippen LogP contribution >= 0.6 is 0 Å². The first kappa shape index (κ1) is 20.3. The van der Waals surface area contributed by atoms with E-state index in [-0.39, 0.29) is 23.4 Å². The molecule has 0 spiro atoms. The van der Waals surface area contributed by atoms with Gasteiger partial charge in [-0.15, -0.1) is 6.42 Å². The Bertz CT molecular complexity index is 1090. The molecule has 2 aromatic rings. The van der Waals surface area contributed by atoms with Gasteiger partial charge >= 0.3 is 0 Å². The minimum atomic E-state index is -3.69. The Labute approximate surface area is 176 Å². The Hall–Kier alpha value is -3.02. The maximum Gasteiger partial charge on any atom is 0.254 e. The Kier molecular flexibility index (Phi) is 5.66. The molecule has 2 aliphatic heterocycles. The summed E-state index contributed by atoms with van der Waals surface area (Å²) < 4.78 is 37.9. The number of nitrogens with one attached hydrogen (secondary N) is 1. The summed E-state index contributed by atoms with van der Waals surface area (Å²) in [4.78, 5) is 15.0. The van der Waals surface area contributed by atoms with Gasteiger partial charge in [-0.3, -0.25) is 4.79 Å². The molecule has 0 radical (unpaired) electrons. The minimum Gasteiger partial charge on any atom is -0.486 e. The maximum atomic E-state index is 13.1. The molecule has 2 aliphatic rings. The van der Waals surface area contributed by atoms with Gasteiger partial charge in [-0.25, -0.2) is 8.42 Å². The van der Waals surface area contributed by atoms with Gasteiger partial charge in [-0.05, 0) is 54.8 Å². The number of ether oxygens (including phenoxy) is 2. The van der Waals surface area contributed by atoms with Crippen LogP contribution in [0.1, 0.15) is 34.8 Å². The van der Waals surface area contributed by atoms with Crippen LogP contribution in [0.15, 0.2) is 47.4 Å². The number of likely N-dealkylation sites (tertiary alicyclic amines) is 1. The van der Waals surface area contributed by atoms with Gasteiger partial charge in [0.15, 0.2) is 11.5 Å². The molecule has 0 aromatic heterocycles. The van der Waals surface area contributed by atoms with Crippen molar-refractivity contribution in [1.29, 1.82) is 0 Å². The van der Waals surface area contributed by atoms with E-state index in [1.165, 1.54) is 24.3 Å². The summed E-state index contributed by atoms with van der Waals surface area (Å²) in [5, 5.41) is 0. The van der Waals surface area contributed by atoms with Crippen molar-refractivity contribution in [3.05, 3.63) is 53.6 Å². The second-order valence-corrected chi connectivity index (χ2v) is 8.88. The molecule has 1 fully saturated rings. The van der Waals surface area contributed by atoms with E-state index < -0.39 is 10.0 Å². The van der Waals surface area contributed by atoms with Crippen molar-refractivity contribution in [2.75, 3.05) is 26.3 Å². The molecule has 2 aromatic carbocycles. The maximum absolute atomic E-state index is 13.1. The number of nitrogens with zero attached hydrogens (tertiary/aromatic N) is 1. The first-order valence-corrected chi connectivity index (χ1v) is 11.2. The van der Waals surface area contributed by atoms with Crippen molar-refractivity contribution < 1.29 is 22.7 Å². The summed E-state index contributed by atoms with van der Waals surface area (Å²) >= 11 is 0. The molecule has 1 saturated heterocycles. The molecule has 1 N–H and O–H groups in total. The SMILES string of the molecule is C#CCNS(=O)(=O)c1ccc(C(=O)N2CCCC2c2ccc3c(c2)OCCO3)cc1. The van der Waals surface area contributed by atoms with Crippen molar-refractivity contribution in [2.45, 2.75) is 23.8 Å². The second kappa shape index (κ2) is 8.38.